The fourth-order valence-corrected chi connectivity index (χ4v) is 1.94. The summed E-state index contributed by atoms with van der Waals surface area (Å²) < 4.78 is 1.07. The maximum atomic E-state index is 5.43. The Morgan fingerprint density at radius 2 is 2.20 bits per heavy atom. The van der Waals surface area contributed by atoms with Crippen molar-refractivity contribution in [2.75, 3.05) is 6.54 Å². The van der Waals surface area contributed by atoms with E-state index >= 15 is 0 Å². The number of hydrogen-bond acceptors (Lipinski definition) is 2. The van der Waals surface area contributed by atoms with E-state index < -0.39 is 0 Å². The second kappa shape index (κ2) is 4.55. The molecule has 0 aliphatic rings. The van der Waals surface area contributed by atoms with Crippen LogP contribution in [0.25, 0.3) is 17.0 Å². The van der Waals surface area contributed by atoms with Gasteiger partial charge in [0.1, 0.15) is 0 Å². The van der Waals surface area contributed by atoms with Gasteiger partial charge in [-0.2, -0.15) is 0 Å². The number of rotatable bonds is 2. The maximum Gasteiger partial charge on any atom is 0.0785 e. The van der Waals surface area contributed by atoms with E-state index in [1.54, 1.807) is 6.20 Å². The third kappa shape index (κ3) is 2.08. The van der Waals surface area contributed by atoms with Crippen molar-refractivity contribution < 1.29 is 0 Å². The summed E-state index contributed by atoms with van der Waals surface area (Å²) in [6.07, 6.45) is 5.73. The van der Waals surface area contributed by atoms with Crippen molar-refractivity contribution in [2.45, 2.75) is 0 Å². The van der Waals surface area contributed by atoms with Gasteiger partial charge in [0.05, 0.1) is 5.52 Å². The highest BCUT2D eigenvalue weighted by atomic mass is 79.9. The van der Waals surface area contributed by atoms with Gasteiger partial charge in [-0.3, -0.25) is 4.98 Å². The molecule has 0 radical (unpaired) electrons. The van der Waals surface area contributed by atoms with Crippen molar-refractivity contribution >= 4 is 32.9 Å². The van der Waals surface area contributed by atoms with Gasteiger partial charge in [0.15, 0.2) is 0 Å². The molecule has 1 aromatic heterocycles. The maximum absolute atomic E-state index is 5.43. The normalized spacial score (nSPS) is 11.3. The van der Waals surface area contributed by atoms with E-state index in [9.17, 15) is 0 Å². The largest absolute Gasteiger partial charge is 0.327 e. The third-order valence-corrected chi connectivity index (χ3v) is 2.87. The molecule has 0 bridgehead atoms. The van der Waals surface area contributed by atoms with Gasteiger partial charge in [0.2, 0.25) is 0 Å². The fraction of sp³-hybridized carbons (Fsp3) is 0.0833. The van der Waals surface area contributed by atoms with Crippen LogP contribution in [0.3, 0.4) is 0 Å². The zero-order valence-electron chi connectivity index (χ0n) is 8.15. The van der Waals surface area contributed by atoms with Crippen LogP contribution in [0.1, 0.15) is 5.56 Å². The predicted octanol–water partition coefficient (Wildman–Crippen LogP) is 2.97. The van der Waals surface area contributed by atoms with Crippen LogP contribution < -0.4 is 5.73 Å². The molecule has 0 spiro atoms. The standard InChI is InChI=1S/C12H11BrN2/c13-11-6-5-9(3-1-7-14)12-10(11)4-2-8-15-12/h1-6,8H,7,14H2/b3-1+. The minimum atomic E-state index is 0.546. The van der Waals surface area contributed by atoms with Gasteiger partial charge in [-0.15, -0.1) is 0 Å². The van der Waals surface area contributed by atoms with E-state index in [2.05, 4.69) is 20.9 Å². The van der Waals surface area contributed by atoms with Crippen LogP contribution in [0.5, 0.6) is 0 Å². The molecule has 0 aliphatic heterocycles. The van der Waals surface area contributed by atoms with Gasteiger partial charge in [-0.25, -0.2) is 0 Å². The van der Waals surface area contributed by atoms with Crippen molar-refractivity contribution in [3.05, 3.63) is 46.6 Å². The molecule has 0 saturated heterocycles. The smallest absolute Gasteiger partial charge is 0.0785 e. The van der Waals surface area contributed by atoms with Crippen molar-refractivity contribution in [3.8, 4) is 0 Å². The molecule has 0 fully saturated rings. The first-order valence-corrected chi connectivity index (χ1v) is 5.52. The van der Waals surface area contributed by atoms with Gasteiger partial charge in [0.25, 0.3) is 0 Å². The van der Waals surface area contributed by atoms with Crippen LogP contribution in [0.15, 0.2) is 41.0 Å². The first kappa shape index (κ1) is 10.3. The highest BCUT2D eigenvalue weighted by Gasteiger charge is 2.01. The van der Waals surface area contributed by atoms with Crippen molar-refractivity contribution in [3.63, 3.8) is 0 Å². The van der Waals surface area contributed by atoms with E-state index in [1.165, 1.54) is 0 Å². The average molecular weight is 263 g/mol. The van der Waals surface area contributed by atoms with Crippen LogP contribution in [0, 0.1) is 0 Å². The van der Waals surface area contributed by atoms with Gasteiger partial charge in [-0.05, 0) is 12.1 Å². The number of aromatic nitrogens is 1. The second-order valence-electron chi connectivity index (χ2n) is 3.17. The first-order valence-electron chi connectivity index (χ1n) is 4.73. The monoisotopic (exact) mass is 262 g/mol. The Hall–Kier alpha value is -1.19. The van der Waals surface area contributed by atoms with Gasteiger partial charge < -0.3 is 5.73 Å². The molecule has 15 heavy (non-hydrogen) atoms. The molecule has 2 rings (SSSR count). The summed E-state index contributed by atoms with van der Waals surface area (Å²) in [4.78, 5) is 4.37. The Labute approximate surface area is 96.9 Å². The van der Waals surface area contributed by atoms with Crippen molar-refractivity contribution in [1.82, 2.24) is 4.98 Å². The molecule has 0 atom stereocenters. The first-order chi connectivity index (χ1) is 7.33. The van der Waals surface area contributed by atoms with Crippen LogP contribution in [-0.2, 0) is 0 Å². The number of pyridine rings is 1. The molecule has 2 N–H and O–H groups in total. The SMILES string of the molecule is NC/C=C/c1ccc(Br)c2cccnc12. The molecule has 0 amide bonds. The van der Waals surface area contributed by atoms with Crippen LogP contribution in [0.4, 0.5) is 0 Å². The quantitative estimate of drug-likeness (QED) is 0.904. The summed E-state index contributed by atoms with van der Waals surface area (Å²) in [6.45, 7) is 0.546. The minimum absolute atomic E-state index is 0.546. The lowest BCUT2D eigenvalue weighted by Crippen LogP contribution is -1.92. The molecule has 76 valence electrons. The average Bonchev–Trinajstić information content (AvgIpc) is 2.29. The Morgan fingerprint density at radius 1 is 1.33 bits per heavy atom. The van der Waals surface area contributed by atoms with Crippen molar-refractivity contribution in [2.24, 2.45) is 5.73 Å². The highest BCUT2D eigenvalue weighted by molar-refractivity contribution is 9.10. The second-order valence-corrected chi connectivity index (χ2v) is 4.03. The molecule has 1 heterocycles. The summed E-state index contributed by atoms with van der Waals surface area (Å²) in [7, 11) is 0. The van der Waals surface area contributed by atoms with Crippen LogP contribution in [-0.4, -0.2) is 11.5 Å². The number of hydrogen-bond donors (Lipinski definition) is 1. The highest BCUT2D eigenvalue weighted by Crippen LogP contribution is 2.25. The number of nitrogens with two attached hydrogens (primary N) is 1. The fourth-order valence-electron chi connectivity index (χ4n) is 1.49. The van der Waals surface area contributed by atoms with E-state index in [0.29, 0.717) is 6.54 Å². The van der Waals surface area contributed by atoms with Gasteiger partial charge >= 0.3 is 0 Å². The topological polar surface area (TPSA) is 38.9 Å². The summed E-state index contributed by atoms with van der Waals surface area (Å²) in [5.41, 5.74) is 7.53. The summed E-state index contributed by atoms with van der Waals surface area (Å²) in [5.74, 6) is 0. The molecule has 1 aromatic carbocycles. The minimum Gasteiger partial charge on any atom is -0.327 e. The van der Waals surface area contributed by atoms with E-state index in [4.69, 9.17) is 5.73 Å². The van der Waals surface area contributed by atoms with E-state index in [-0.39, 0.29) is 0 Å². The van der Waals surface area contributed by atoms with Crippen LogP contribution >= 0.6 is 15.9 Å². The van der Waals surface area contributed by atoms with Crippen LogP contribution in [0.2, 0.25) is 0 Å². The molecular formula is C12H11BrN2. The summed E-state index contributed by atoms with van der Waals surface area (Å²) >= 11 is 3.51. The Bertz CT molecular complexity index is 506. The zero-order valence-corrected chi connectivity index (χ0v) is 9.74. The lowest BCUT2D eigenvalue weighted by molar-refractivity contribution is 1.26. The molecule has 3 heteroatoms. The molecule has 2 nitrogen and oxygen atoms in total. The molecule has 0 saturated carbocycles. The number of nitrogens with zero attached hydrogens (tertiary/aromatic N) is 1. The zero-order chi connectivity index (χ0) is 10.7. The Balaban J connectivity index is 2.66. The lowest BCUT2D eigenvalue weighted by atomic mass is 10.1. The van der Waals surface area contributed by atoms with Gasteiger partial charge in [0, 0.05) is 28.2 Å². The van der Waals surface area contributed by atoms with E-state index in [0.717, 1.165) is 20.9 Å². The predicted molar refractivity (Wildman–Crippen MR) is 67.5 cm³/mol. The number of fused-ring (bicyclic) bond motifs is 1. The lowest BCUT2D eigenvalue weighted by Gasteiger charge is -2.03. The van der Waals surface area contributed by atoms with Crippen molar-refractivity contribution in [1.29, 1.82) is 0 Å². The molecule has 2 aromatic rings. The molecule has 0 aliphatic carbocycles. The van der Waals surface area contributed by atoms with E-state index in [1.807, 2.05) is 36.4 Å². The Kier molecular flexibility index (Phi) is 3.14. The molecule has 0 unspecified atom stereocenters. The summed E-state index contributed by atoms with van der Waals surface area (Å²) in [5, 5.41) is 1.12. The third-order valence-electron chi connectivity index (χ3n) is 2.18. The van der Waals surface area contributed by atoms with Gasteiger partial charge in [-0.1, -0.05) is 40.2 Å². The summed E-state index contributed by atoms with van der Waals surface area (Å²) in [6, 6.07) is 8.04. The number of benzene rings is 1. The Morgan fingerprint density at radius 3 is 3.00 bits per heavy atom. The number of halogens is 1. The molecular weight excluding hydrogens is 252 g/mol.